The second-order valence-corrected chi connectivity index (χ2v) is 9.10. The van der Waals surface area contributed by atoms with Gasteiger partial charge in [-0.25, -0.2) is 0 Å². The highest BCUT2D eigenvalue weighted by atomic mass is 32.2. The summed E-state index contributed by atoms with van der Waals surface area (Å²) in [7, 11) is 0. The van der Waals surface area contributed by atoms with E-state index in [9.17, 15) is 19.7 Å². The minimum Gasteiger partial charge on any atom is -0.459 e. The number of non-ortho nitro benzene ring substituents is 1. The summed E-state index contributed by atoms with van der Waals surface area (Å²) in [5.41, 5.74) is 0.151. The fourth-order valence-electron chi connectivity index (χ4n) is 3.49. The zero-order valence-electron chi connectivity index (χ0n) is 16.3. The third kappa shape index (κ3) is 4.64. The number of hydrogen-bond acceptors (Lipinski definition) is 7. The molecule has 0 spiro atoms. The number of rotatable bonds is 4. The summed E-state index contributed by atoms with van der Waals surface area (Å²) < 4.78 is 5.50. The van der Waals surface area contributed by atoms with Gasteiger partial charge in [-0.15, -0.1) is 11.8 Å². The van der Waals surface area contributed by atoms with E-state index in [0.29, 0.717) is 31.0 Å². The van der Waals surface area contributed by atoms with Gasteiger partial charge in [-0.3, -0.25) is 24.6 Å². The molecule has 2 aliphatic rings. The first-order valence-electron chi connectivity index (χ1n) is 9.34. The first-order valence-corrected chi connectivity index (χ1v) is 10.3. The Balaban J connectivity index is 1.72. The molecule has 3 rings (SSSR count). The molecule has 1 amide bonds. The molecule has 1 fully saturated rings. The van der Waals surface area contributed by atoms with Crippen molar-refractivity contribution in [1.29, 1.82) is 0 Å². The molecule has 1 aromatic carbocycles. The average Bonchev–Trinajstić information content (AvgIpc) is 3.07. The van der Waals surface area contributed by atoms with Crippen LogP contribution >= 0.6 is 11.8 Å². The summed E-state index contributed by atoms with van der Waals surface area (Å²) in [5, 5.41) is 11.0. The summed E-state index contributed by atoms with van der Waals surface area (Å²) >= 11 is 1.51. The van der Waals surface area contributed by atoms with Crippen LogP contribution in [0.1, 0.15) is 33.6 Å². The lowest BCUT2D eigenvalue weighted by molar-refractivity contribution is -0.385. The van der Waals surface area contributed by atoms with Crippen LogP contribution in [0, 0.1) is 10.1 Å². The fourth-order valence-corrected chi connectivity index (χ4v) is 4.52. The van der Waals surface area contributed by atoms with Gasteiger partial charge in [0.25, 0.3) is 5.69 Å². The standard InChI is InChI=1S/C19H25N3O5S/c1-19(2,3)27-18(24)15-5-4-8-20(15)12-17(23)21-9-10-28-16-11-13(22(25)26)6-7-14(16)21/h6-7,11,15H,4-5,8-10,12H2,1-3H3/t15-/m0/s1. The van der Waals surface area contributed by atoms with Crippen molar-refractivity contribution in [1.82, 2.24) is 4.90 Å². The largest absolute Gasteiger partial charge is 0.459 e. The van der Waals surface area contributed by atoms with Gasteiger partial charge in [0.15, 0.2) is 0 Å². The SMILES string of the molecule is CC(C)(C)OC(=O)[C@@H]1CCCN1CC(=O)N1CCSc2cc([N+](=O)[O-])ccc21. The number of carbonyl (C=O) groups excluding carboxylic acids is 2. The zero-order valence-corrected chi connectivity index (χ0v) is 17.2. The van der Waals surface area contributed by atoms with Crippen molar-refractivity contribution in [3.63, 3.8) is 0 Å². The average molecular weight is 407 g/mol. The number of fused-ring (bicyclic) bond motifs is 1. The molecule has 1 atom stereocenters. The fraction of sp³-hybridized carbons (Fsp3) is 0.579. The molecule has 8 nitrogen and oxygen atoms in total. The molecule has 28 heavy (non-hydrogen) atoms. The maximum absolute atomic E-state index is 13.0. The Labute approximate surface area is 168 Å². The van der Waals surface area contributed by atoms with Crippen molar-refractivity contribution < 1.29 is 19.2 Å². The Morgan fingerprint density at radius 3 is 2.75 bits per heavy atom. The Morgan fingerprint density at radius 2 is 2.07 bits per heavy atom. The number of ether oxygens (including phenoxy) is 1. The van der Waals surface area contributed by atoms with Crippen LogP contribution in [0.5, 0.6) is 0 Å². The van der Waals surface area contributed by atoms with Crippen molar-refractivity contribution in [3.8, 4) is 0 Å². The number of thioether (sulfide) groups is 1. The molecule has 1 saturated heterocycles. The maximum Gasteiger partial charge on any atom is 0.323 e. The molecule has 2 aliphatic heterocycles. The lowest BCUT2D eigenvalue weighted by Crippen LogP contribution is -2.47. The Hall–Kier alpha value is -2.13. The van der Waals surface area contributed by atoms with Crippen molar-refractivity contribution in [2.24, 2.45) is 0 Å². The highest BCUT2D eigenvalue weighted by Crippen LogP contribution is 2.37. The van der Waals surface area contributed by atoms with E-state index in [1.807, 2.05) is 25.7 Å². The summed E-state index contributed by atoms with van der Waals surface area (Å²) in [6.07, 6.45) is 1.52. The van der Waals surface area contributed by atoms with Gasteiger partial charge in [-0.1, -0.05) is 0 Å². The first kappa shape index (κ1) is 20.6. The number of likely N-dealkylation sites (tertiary alicyclic amines) is 1. The summed E-state index contributed by atoms with van der Waals surface area (Å²) in [6, 6.07) is 4.16. The zero-order chi connectivity index (χ0) is 20.5. The topological polar surface area (TPSA) is 93.0 Å². The number of carbonyl (C=O) groups is 2. The summed E-state index contributed by atoms with van der Waals surface area (Å²) in [4.78, 5) is 40.3. The van der Waals surface area contributed by atoms with Crippen molar-refractivity contribution in [3.05, 3.63) is 28.3 Å². The molecule has 1 aromatic rings. The monoisotopic (exact) mass is 407 g/mol. The quantitative estimate of drug-likeness (QED) is 0.430. The molecule has 9 heteroatoms. The number of nitro benzene ring substituents is 1. The van der Waals surface area contributed by atoms with Crippen LogP contribution in [-0.4, -0.2) is 58.7 Å². The number of esters is 1. The van der Waals surface area contributed by atoms with Gasteiger partial charge < -0.3 is 9.64 Å². The van der Waals surface area contributed by atoms with Crippen LogP contribution in [-0.2, 0) is 14.3 Å². The second kappa shape index (κ2) is 8.08. The molecule has 0 radical (unpaired) electrons. The van der Waals surface area contributed by atoms with Crippen LogP contribution in [0.25, 0.3) is 0 Å². The molecular formula is C19H25N3O5S. The van der Waals surface area contributed by atoms with Crippen LogP contribution in [0.3, 0.4) is 0 Å². The van der Waals surface area contributed by atoms with E-state index in [0.717, 1.165) is 11.3 Å². The third-order valence-corrected chi connectivity index (χ3v) is 5.72. The van der Waals surface area contributed by atoms with E-state index >= 15 is 0 Å². The normalized spacial score (nSPS) is 20.0. The molecule has 0 N–H and O–H groups in total. The minimum absolute atomic E-state index is 0.0186. The predicted molar refractivity (Wildman–Crippen MR) is 107 cm³/mol. The highest BCUT2D eigenvalue weighted by Gasteiger charge is 2.36. The number of nitrogens with zero attached hydrogens (tertiary/aromatic N) is 3. The Bertz CT molecular complexity index is 792. The number of anilines is 1. The number of amides is 1. The molecule has 2 heterocycles. The maximum atomic E-state index is 13.0. The first-order chi connectivity index (χ1) is 13.2. The lowest BCUT2D eigenvalue weighted by Gasteiger charge is -2.32. The van der Waals surface area contributed by atoms with E-state index in [-0.39, 0.29) is 24.1 Å². The molecule has 0 aliphatic carbocycles. The summed E-state index contributed by atoms with van der Waals surface area (Å²) in [5.74, 6) is 0.281. The molecule has 0 aromatic heterocycles. The van der Waals surface area contributed by atoms with E-state index in [1.54, 1.807) is 11.0 Å². The molecular weight excluding hydrogens is 382 g/mol. The van der Waals surface area contributed by atoms with Gasteiger partial charge >= 0.3 is 5.97 Å². The number of benzene rings is 1. The molecule has 0 bridgehead atoms. The van der Waals surface area contributed by atoms with E-state index in [2.05, 4.69) is 0 Å². The van der Waals surface area contributed by atoms with Crippen LogP contribution in [0.4, 0.5) is 11.4 Å². The number of hydrogen-bond donors (Lipinski definition) is 0. The molecule has 152 valence electrons. The van der Waals surface area contributed by atoms with E-state index in [1.165, 1.54) is 23.9 Å². The van der Waals surface area contributed by atoms with Crippen molar-refractivity contribution in [2.75, 3.05) is 30.3 Å². The van der Waals surface area contributed by atoms with Crippen molar-refractivity contribution in [2.45, 2.75) is 50.2 Å². The lowest BCUT2D eigenvalue weighted by atomic mass is 10.1. The van der Waals surface area contributed by atoms with Gasteiger partial charge in [0.1, 0.15) is 11.6 Å². The number of nitro groups is 1. The predicted octanol–water partition coefficient (Wildman–Crippen LogP) is 2.84. The van der Waals surface area contributed by atoms with Gasteiger partial charge in [0.2, 0.25) is 5.91 Å². The summed E-state index contributed by atoms with van der Waals surface area (Å²) in [6.45, 7) is 6.83. The van der Waals surface area contributed by atoms with E-state index < -0.39 is 16.6 Å². The van der Waals surface area contributed by atoms with Gasteiger partial charge in [-0.2, -0.15) is 0 Å². The molecule has 0 unspecified atom stereocenters. The van der Waals surface area contributed by atoms with E-state index in [4.69, 9.17) is 4.74 Å². The van der Waals surface area contributed by atoms with Gasteiger partial charge in [0.05, 0.1) is 17.2 Å². The van der Waals surface area contributed by atoms with Crippen LogP contribution in [0.15, 0.2) is 23.1 Å². The second-order valence-electron chi connectivity index (χ2n) is 7.96. The van der Waals surface area contributed by atoms with Crippen LogP contribution in [0.2, 0.25) is 0 Å². The Kier molecular flexibility index (Phi) is 5.95. The van der Waals surface area contributed by atoms with Gasteiger partial charge in [0, 0.05) is 29.3 Å². The highest BCUT2D eigenvalue weighted by molar-refractivity contribution is 7.99. The minimum atomic E-state index is -0.562. The molecule has 0 saturated carbocycles. The smallest absolute Gasteiger partial charge is 0.323 e. The van der Waals surface area contributed by atoms with Crippen molar-refractivity contribution >= 4 is 35.0 Å². The van der Waals surface area contributed by atoms with Crippen LogP contribution < -0.4 is 4.90 Å². The van der Waals surface area contributed by atoms with Gasteiger partial charge in [-0.05, 0) is 46.2 Å². The third-order valence-electron chi connectivity index (χ3n) is 4.70. The Morgan fingerprint density at radius 1 is 1.32 bits per heavy atom.